The number of amides is 1. The summed E-state index contributed by atoms with van der Waals surface area (Å²) in [6, 6.07) is 7.27. The Kier molecular flexibility index (Phi) is 6.52. The van der Waals surface area contributed by atoms with E-state index in [1.54, 1.807) is 18.3 Å². The van der Waals surface area contributed by atoms with Crippen molar-refractivity contribution in [1.82, 2.24) is 9.97 Å². The van der Waals surface area contributed by atoms with Gasteiger partial charge in [0, 0.05) is 35.0 Å². The molecule has 3 aromatic rings. The van der Waals surface area contributed by atoms with E-state index in [9.17, 15) is 19.1 Å². The molecule has 0 saturated carbocycles. The first kappa shape index (κ1) is 21.9. The number of carbonyl (C=O) groups excluding carboxylic acids is 1. The second kappa shape index (κ2) is 8.93. The van der Waals surface area contributed by atoms with E-state index in [0.29, 0.717) is 16.4 Å². The Morgan fingerprint density at radius 1 is 1.13 bits per heavy atom. The van der Waals surface area contributed by atoms with E-state index in [1.807, 2.05) is 20.8 Å². The fourth-order valence-electron chi connectivity index (χ4n) is 2.41. The van der Waals surface area contributed by atoms with Crippen LogP contribution in [0.5, 0.6) is 17.4 Å². The van der Waals surface area contributed by atoms with Crippen LogP contribution in [0.1, 0.15) is 29.1 Å². The summed E-state index contributed by atoms with van der Waals surface area (Å²) < 4.78 is 22.7. The van der Waals surface area contributed by atoms with Gasteiger partial charge in [-0.3, -0.25) is 14.7 Å². The summed E-state index contributed by atoms with van der Waals surface area (Å²) in [5.74, 6) is 0.434. The summed E-state index contributed by atoms with van der Waals surface area (Å²) in [6.07, 6.45) is 2.58. The lowest BCUT2D eigenvalue weighted by atomic mass is 10.2. The maximum atomic E-state index is 12.7. The number of carbonyl (C=O) groups is 1. The van der Waals surface area contributed by atoms with Crippen LogP contribution >= 0.6 is 18.9 Å². The van der Waals surface area contributed by atoms with Crippen LogP contribution in [0.4, 0.5) is 5.13 Å². The lowest BCUT2D eigenvalue weighted by Crippen LogP contribution is -2.13. The highest BCUT2D eigenvalue weighted by Gasteiger charge is 2.18. The lowest BCUT2D eigenvalue weighted by Gasteiger charge is -2.14. The zero-order valence-corrected chi connectivity index (χ0v) is 18.1. The smallest absolute Gasteiger partial charge is 0.357 e. The molecule has 0 aliphatic rings. The number of pyridine rings is 1. The molecule has 0 bridgehead atoms. The average Bonchev–Trinajstić information content (AvgIpc) is 3.05. The monoisotopic (exact) mass is 449 g/mol. The summed E-state index contributed by atoms with van der Waals surface area (Å²) in [6.45, 7) is 5.60. The molecule has 2 heterocycles. The molecule has 0 spiro atoms. The molecule has 0 aliphatic carbocycles. The molecule has 1 amide bonds. The number of nitrogens with zero attached hydrogens (tertiary/aromatic N) is 2. The first-order valence-electron chi connectivity index (χ1n) is 8.86. The Hall–Kier alpha value is -2.78. The number of nitrogens with one attached hydrogen (secondary N) is 1. The van der Waals surface area contributed by atoms with E-state index in [1.165, 1.54) is 29.5 Å². The van der Waals surface area contributed by atoms with Gasteiger partial charge in [-0.2, -0.15) is 0 Å². The van der Waals surface area contributed by atoms with Crippen LogP contribution in [0.2, 0.25) is 0 Å². The van der Waals surface area contributed by atoms with Crippen molar-refractivity contribution in [2.45, 2.75) is 26.9 Å². The van der Waals surface area contributed by atoms with Crippen molar-refractivity contribution in [3.8, 4) is 17.4 Å². The fourth-order valence-corrected chi connectivity index (χ4v) is 3.55. The van der Waals surface area contributed by atoms with Crippen molar-refractivity contribution in [3.63, 3.8) is 0 Å². The van der Waals surface area contributed by atoms with Crippen LogP contribution in [0.15, 0.2) is 42.7 Å². The molecule has 2 aromatic heterocycles. The number of hydrogen-bond donors (Lipinski definition) is 3. The number of ether oxygens (including phenoxy) is 2. The van der Waals surface area contributed by atoms with Crippen molar-refractivity contribution >= 4 is 35.3 Å². The zero-order valence-electron chi connectivity index (χ0n) is 16.4. The minimum Gasteiger partial charge on any atom is -0.491 e. The summed E-state index contributed by atoms with van der Waals surface area (Å²) in [5, 5.41) is 2.99. The van der Waals surface area contributed by atoms with Gasteiger partial charge >= 0.3 is 7.60 Å². The van der Waals surface area contributed by atoms with Crippen molar-refractivity contribution in [2.24, 2.45) is 0 Å². The van der Waals surface area contributed by atoms with Crippen molar-refractivity contribution in [3.05, 3.63) is 53.2 Å². The second-order valence-electron chi connectivity index (χ2n) is 6.59. The molecule has 30 heavy (non-hydrogen) atoms. The average molecular weight is 449 g/mol. The maximum Gasteiger partial charge on any atom is 0.357 e. The van der Waals surface area contributed by atoms with Gasteiger partial charge in [-0.25, -0.2) is 9.97 Å². The molecule has 0 atom stereocenters. The quantitative estimate of drug-likeness (QED) is 0.467. The number of anilines is 1. The topological polar surface area (TPSA) is 131 Å². The van der Waals surface area contributed by atoms with Crippen LogP contribution in [0.25, 0.3) is 0 Å². The van der Waals surface area contributed by atoms with E-state index in [4.69, 9.17) is 9.47 Å². The van der Waals surface area contributed by atoms with Crippen molar-refractivity contribution < 1.29 is 28.6 Å². The van der Waals surface area contributed by atoms with E-state index < -0.39 is 7.60 Å². The highest BCUT2D eigenvalue weighted by molar-refractivity contribution is 7.60. The van der Waals surface area contributed by atoms with Crippen LogP contribution in [-0.2, 0) is 4.57 Å². The number of aromatic nitrogens is 2. The lowest BCUT2D eigenvalue weighted by molar-refractivity contribution is 0.102. The maximum absolute atomic E-state index is 12.7. The molecule has 0 saturated heterocycles. The largest absolute Gasteiger partial charge is 0.491 e. The Morgan fingerprint density at radius 3 is 2.43 bits per heavy atom. The summed E-state index contributed by atoms with van der Waals surface area (Å²) in [5.41, 5.74) is 0.294. The molecule has 0 unspecified atom stereocenters. The summed E-state index contributed by atoms with van der Waals surface area (Å²) >= 11 is 1.36. The number of aryl methyl sites for hydroxylation is 1. The van der Waals surface area contributed by atoms with Gasteiger partial charge in [-0.05, 0) is 39.0 Å². The van der Waals surface area contributed by atoms with Crippen LogP contribution < -0.4 is 20.1 Å². The summed E-state index contributed by atoms with van der Waals surface area (Å²) in [4.78, 5) is 40.0. The minimum absolute atomic E-state index is 0.107. The number of benzene rings is 1. The first-order valence-corrected chi connectivity index (χ1v) is 11.3. The Morgan fingerprint density at radius 2 is 1.87 bits per heavy atom. The van der Waals surface area contributed by atoms with Crippen LogP contribution in [-0.4, -0.2) is 31.8 Å². The molecule has 11 heteroatoms. The van der Waals surface area contributed by atoms with Crippen LogP contribution in [0, 0.1) is 6.92 Å². The second-order valence-corrected chi connectivity index (χ2v) is 9.43. The van der Waals surface area contributed by atoms with Gasteiger partial charge in [0.2, 0.25) is 5.88 Å². The van der Waals surface area contributed by atoms with Gasteiger partial charge in [0.25, 0.3) is 5.91 Å². The van der Waals surface area contributed by atoms with Crippen molar-refractivity contribution in [1.29, 1.82) is 0 Å². The SMILES string of the molecule is Cc1cnc(NC(=O)c2cc(Oc3ccc(P(=O)(O)O)cn3)cc(OC(C)C)c2)s1. The highest BCUT2D eigenvalue weighted by atomic mass is 32.1. The molecule has 9 nitrogen and oxygen atoms in total. The predicted octanol–water partition coefficient (Wildman–Crippen LogP) is 3.48. The van der Waals surface area contributed by atoms with E-state index in [2.05, 4.69) is 15.3 Å². The molecule has 0 radical (unpaired) electrons. The predicted molar refractivity (Wildman–Crippen MR) is 113 cm³/mol. The summed E-state index contributed by atoms with van der Waals surface area (Å²) in [7, 11) is -4.39. The van der Waals surface area contributed by atoms with E-state index in [0.717, 1.165) is 11.1 Å². The molecule has 158 valence electrons. The van der Waals surface area contributed by atoms with Crippen LogP contribution in [0.3, 0.4) is 0 Å². The van der Waals surface area contributed by atoms with E-state index in [-0.39, 0.29) is 28.9 Å². The zero-order chi connectivity index (χ0) is 21.9. The Balaban J connectivity index is 1.86. The van der Waals surface area contributed by atoms with Crippen molar-refractivity contribution in [2.75, 3.05) is 5.32 Å². The van der Waals surface area contributed by atoms with Gasteiger partial charge in [-0.15, -0.1) is 11.3 Å². The molecule has 0 aliphatic heterocycles. The molecular formula is C19H20N3O6PS. The fraction of sp³-hybridized carbons (Fsp3) is 0.211. The molecule has 3 N–H and O–H groups in total. The number of thiazole rings is 1. The first-order chi connectivity index (χ1) is 14.1. The minimum atomic E-state index is -4.39. The molecule has 1 aromatic carbocycles. The Bertz CT molecular complexity index is 1090. The van der Waals surface area contributed by atoms with Gasteiger partial charge in [0.1, 0.15) is 11.5 Å². The van der Waals surface area contributed by atoms with Gasteiger partial charge in [0.05, 0.1) is 11.4 Å². The Labute approximate surface area is 176 Å². The van der Waals surface area contributed by atoms with E-state index >= 15 is 0 Å². The molecule has 3 rings (SSSR count). The van der Waals surface area contributed by atoms with Gasteiger partial charge < -0.3 is 19.3 Å². The third-order valence-corrected chi connectivity index (χ3v) is 5.40. The normalized spacial score (nSPS) is 11.4. The standard InChI is InChI=1S/C19H20N3O6PS/c1-11(2)27-14-6-13(18(23)22-19-21-9-12(3)30-19)7-15(8-14)28-17-5-4-16(10-20-17)29(24,25)26/h4-11H,1-3H3,(H,21,22,23)(H2,24,25,26). The van der Waals surface area contributed by atoms with Gasteiger partial charge in [0.15, 0.2) is 5.13 Å². The third kappa shape index (κ3) is 5.87. The number of hydrogen-bond acceptors (Lipinski definition) is 7. The number of rotatable bonds is 7. The van der Waals surface area contributed by atoms with Gasteiger partial charge in [-0.1, -0.05) is 0 Å². The highest BCUT2D eigenvalue weighted by Crippen LogP contribution is 2.33. The molecule has 0 fully saturated rings. The third-order valence-electron chi connectivity index (χ3n) is 3.64. The molecular weight excluding hydrogens is 429 g/mol.